The van der Waals surface area contributed by atoms with Gasteiger partial charge in [-0.2, -0.15) is 0 Å². The fourth-order valence-electron chi connectivity index (χ4n) is 3.40. The zero-order chi connectivity index (χ0) is 14.3. The van der Waals surface area contributed by atoms with E-state index in [0.717, 1.165) is 6.42 Å². The molecule has 0 aromatic heterocycles. The molecular formula is C18H22N2. The van der Waals surface area contributed by atoms with Crippen LogP contribution in [0.25, 0.3) is 11.1 Å². The van der Waals surface area contributed by atoms with Crippen LogP contribution in [0.4, 0.5) is 11.4 Å². The molecular weight excluding hydrogens is 244 g/mol. The van der Waals surface area contributed by atoms with Gasteiger partial charge in [-0.05, 0) is 42.2 Å². The van der Waals surface area contributed by atoms with E-state index in [1.807, 2.05) is 0 Å². The second kappa shape index (κ2) is 4.86. The van der Waals surface area contributed by atoms with Crippen molar-refractivity contribution in [2.45, 2.75) is 26.4 Å². The summed E-state index contributed by atoms with van der Waals surface area (Å²) in [5, 5.41) is 0. The van der Waals surface area contributed by atoms with E-state index in [9.17, 15) is 0 Å². The highest BCUT2D eigenvalue weighted by Gasteiger charge is 2.31. The van der Waals surface area contributed by atoms with E-state index >= 15 is 0 Å². The van der Waals surface area contributed by atoms with Crippen molar-refractivity contribution in [3.8, 4) is 11.1 Å². The molecule has 0 saturated heterocycles. The van der Waals surface area contributed by atoms with Crippen LogP contribution in [0.15, 0.2) is 42.5 Å². The predicted molar refractivity (Wildman–Crippen MR) is 87.5 cm³/mol. The van der Waals surface area contributed by atoms with Crippen LogP contribution in [0.1, 0.15) is 18.9 Å². The number of hydrogen-bond donors (Lipinski definition) is 0. The van der Waals surface area contributed by atoms with E-state index < -0.39 is 0 Å². The van der Waals surface area contributed by atoms with Crippen molar-refractivity contribution in [3.63, 3.8) is 0 Å². The first-order valence-corrected chi connectivity index (χ1v) is 7.29. The largest absolute Gasteiger partial charge is 0.353 e. The third-order valence-corrected chi connectivity index (χ3v) is 4.38. The van der Waals surface area contributed by atoms with Crippen molar-refractivity contribution >= 4 is 11.4 Å². The van der Waals surface area contributed by atoms with Crippen LogP contribution >= 0.6 is 0 Å². The first-order valence-electron chi connectivity index (χ1n) is 7.29. The van der Waals surface area contributed by atoms with Gasteiger partial charge in [0.25, 0.3) is 0 Å². The van der Waals surface area contributed by atoms with E-state index in [4.69, 9.17) is 0 Å². The summed E-state index contributed by atoms with van der Waals surface area (Å²) in [6, 6.07) is 15.2. The Balaban J connectivity index is 2.13. The zero-order valence-electron chi connectivity index (χ0n) is 12.7. The number of aryl methyl sites for hydroxylation is 1. The van der Waals surface area contributed by atoms with Crippen LogP contribution in [0.3, 0.4) is 0 Å². The van der Waals surface area contributed by atoms with Gasteiger partial charge in [-0.25, -0.2) is 0 Å². The fourth-order valence-corrected chi connectivity index (χ4v) is 3.40. The summed E-state index contributed by atoms with van der Waals surface area (Å²) in [6.45, 7) is 4.46. The molecule has 2 heteroatoms. The first-order chi connectivity index (χ1) is 9.63. The summed E-state index contributed by atoms with van der Waals surface area (Å²) in [7, 11) is 4.40. The van der Waals surface area contributed by atoms with E-state index in [1.54, 1.807) is 0 Å². The minimum Gasteiger partial charge on any atom is -0.353 e. The highest BCUT2D eigenvalue weighted by molar-refractivity contribution is 5.85. The van der Waals surface area contributed by atoms with Gasteiger partial charge < -0.3 is 9.80 Å². The zero-order valence-corrected chi connectivity index (χ0v) is 12.7. The maximum atomic E-state index is 2.40. The standard InChI is InChI=1S/C18H22N2/c1-5-17-19(3)16-12-15(14-9-7-6-8-10-14)11-13(2)18(16)20(17)4/h6-12,17H,5H2,1-4H3. The van der Waals surface area contributed by atoms with E-state index in [0.29, 0.717) is 6.17 Å². The number of benzene rings is 2. The monoisotopic (exact) mass is 266 g/mol. The van der Waals surface area contributed by atoms with Crippen LogP contribution in [0.2, 0.25) is 0 Å². The smallest absolute Gasteiger partial charge is 0.101 e. The molecule has 20 heavy (non-hydrogen) atoms. The molecule has 1 aliphatic heterocycles. The average Bonchev–Trinajstić information content (AvgIpc) is 2.71. The van der Waals surface area contributed by atoms with Gasteiger partial charge in [0.15, 0.2) is 0 Å². The van der Waals surface area contributed by atoms with E-state index in [2.05, 4.69) is 80.2 Å². The molecule has 0 radical (unpaired) electrons. The maximum Gasteiger partial charge on any atom is 0.101 e. The lowest BCUT2D eigenvalue weighted by Gasteiger charge is -2.26. The first kappa shape index (κ1) is 13.0. The lowest BCUT2D eigenvalue weighted by Crippen LogP contribution is -2.38. The third-order valence-electron chi connectivity index (χ3n) is 4.38. The highest BCUT2D eigenvalue weighted by Crippen LogP contribution is 2.43. The molecule has 0 bridgehead atoms. The molecule has 0 fully saturated rings. The molecule has 0 spiro atoms. The molecule has 1 unspecified atom stereocenters. The summed E-state index contributed by atoms with van der Waals surface area (Å²) in [6.07, 6.45) is 1.59. The average molecular weight is 266 g/mol. The Labute approximate surface area is 121 Å². The van der Waals surface area contributed by atoms with E-state index in [1.165, 1.54) is 28.1 Å². The summed E-state index contributed by atoms with van der Waals surface area (Å²) < 4.78 is 0. The molecule has 3 rings (SSSR count). The molecule has 0 N–H and O–H groups in total. The molecule has 2 aromatic carbocycles. The van der Waals surface area contributed by atoms with Crippen molar-refractivity contribution in [2.24, 2.45) is 0 Å². The summed E-state index contributed by atoms with van der Waals surface area (Å²) in [5.41, 5.74) is 6.66. The minimum absolute atomic E-state index is 0.467. The third kappa shape index (κ3) is 1.87. The Morgan fingerprint density at radius 3 is 2.30 bits per heavy atom. The Kier molecular flexibility index (Phi) is 3.17. The Bertz CT molecular complexity index is 619. The second-order valence-electron chi connectivity index (χ2n) is 5.64. The van der Waals surface area contributed by atoms with E-state index in [-0.39, 0.29) is 0 Å². The topological polar surface area (TPSA) is 6.48 Å². The molecule has 104 valence electrons. The minimum atomic E-state index is 0.467. The molecule has 1 aliphatic rings. The van der Waals surface area contributed by atoms with Crippen molar-refractivity contribution in [3.05, 3.63) is 48.0 Å². The van der Waals surface area contributed by atoms with Crippen LogP contribution in [-0.4, -0.2) is 20.3 Å². The summed E-state index contributed by atoms with van der Waals surface area (Å²) >= 11 is 0. The summed E-state index contributed by atoms with van der Waals surface area (Å²) in [5.74, 6) is 0. The van der Waals surface area contributed by atoms with Gasteiger partial charge in [0.1, 0.15) is 6.17 Å². The van der Waals surface area contributed by atoms with Gasteiger partial charge in [0.2, 0.25) is 0 Å². The van der Waals surface area contributed by atoms with Crippen LogP contribution in [0.5, 0.6) is 0 Å². The highest BCUT2D eigenvalue weighted by atomic mass is 15.4. The molecule has 2 aromatic rings. The molecule has 1 heterocycles. The lowest BCUT2D eigenvalue weighted by molar-refractivity contribution is 0.628. The van der Waals surface area contributed by atoms with Gasteiger partial charge in [0.05, 0.1) is 11.4 Å². The van der Waals surface area contributed by atoms with Crippen molar-refractivity contribution in [2.75, 3.05) is 23.9 Å². The lowest BCUT2D eigenvalue weighted by atomic mass is 10.0. The van der Waals surface area contributed by atoms with Crippen LogP contribution in [0, 0.1) is 6.92 Å². The number of fused-ring (bicyclic) bond motifs is 1. The maximum absolute atomic E-state index is 2.40. The molecule has 0 aliphatic carbocycles. The molecule has 1 atom stereocenters. The number of nitrogens with zero attached hydrogens (tertiary/aromatic N) is 2. The fraction of sp³-hybridized carbons (Fsp3) is 0.333. The van der Waals surface area contributed by atoms with Gasteiger partial charge in [-0.1, -0.05) is 37.3 Å². The number of hydrogen-bond acceptors (Lipinski definition) is 2. The predicted octanol–water partition coefficient (Wildman–Crippen LogP) is 4.28. The Morgan fingerprint density at radius 1 is 0.950 bits per heavy atom. The van der Waals surface area contributed by atoms with Crippen molar-refractivity contribution < 1.29 is 0 Å². The van der Waals surface area contributed by atoms with Crippen molar-refractivity contribution in [1.82, 2.24) is 0 Å². The Hall–Kier alpha value is -1.96. The summed E-state index contributed by atoms with van der Waals surface area (Å²) in [4.78, 5) is 4.80. The van der Waals surface area contributed by atoms with Crippen molar-refractivity contribution in [1.29, 1.82) is 0 Å². The molecule has 0 saturated carbocycles. The normalized spacial score (nSPS) is 17.5. The number of anilines is 2. The van der Waals surface area contributed by atoms with Gasteiger partial charge in [0, 0.05) is 14.1 Å². The second-order valence-corrected chi connectivity index (χ2v) is 5.64. The van der Waals surface area contributed by atoms with Crippen LogP contribution in [-0.2, 0) is 0 Å². The quantitative estimate of drug-likeness (QED) is 0.800. The van der Waals surface area contributed by atoms with Gasteiger partial charge >= 0.3 is 0 Å². The Morgan fingerprint density at radius 2 is 1.65 bits per heavy atom. The van der Waals surface area contributed by atoms with Crippen LogP contribution < -0.4 is 9.80 Å². The van der Waals surface area contributed by atoms with Gasteiger partial charge in [-0.15, -0.1) is 0 Å². The van der Waals surface area contributed by atoms with Gasteiger partial charge in [-0.3, -0.25) is 0 Å². The molecule has 0 amide bonds. The number of rotatable bonds is 2. The SMILES string of the molecule is CCC1N(C)c2cc(-c3ccccc3)cc(C)c2N1C. The molecule has 2 nitrogen and oxygen atoms in total.